The van der Waals surface area contributed by atoms with E-state index >= 15 is 0 Å². The highest BCUT2D eigenvalue weighted by molar-refractivity contribution is 7.90. The summed E-state index contributed by atoms with van der Waals surface area (Å²) >= 11 is 0. The molecule has 0 fully saturated rings. The van der Waals surface area contributed by atoms with E-state index in [0.29, 0.717) is 5.56 Å². The molecule has 0 radical (unpaired) electrons. The molecular formula is C18H20F3NO2S. The van der Waals surface area contributed by atoms with Crippen LogP contribution in [0.4, 0.5) is 13.2 Å². The van der Waals surface area contributed by atoms with E-state index in [9.17, 15) is 21.6 Å². The largest absolute Gasteiger partial charge is 0.511 e. The third-order valence-electron chi connectivity index (χ3n) is 4.13. The van der Waals surface area contributed by atoms with Gasteiger partial charge in [-0.3, -0.25) is 0 Å². The zero-order valence-electron chi connectivity index (χ0n) is 14.1. The number of nitrogens with one attached hydrogen (secondary N) is 1. The van der Waals surface area contributed by atoms with Gasteiger partial charge in [0.15, 0.2) is 0 Å². The number of aryl methyl sites for hydroxylation is 2. The fraction of sp³-hybridized carbons (Fsp3) is 0.333. The first kappa shape index (κ1) is 19.5. The van der Waals surface area contributed by atoms with Gasteiger partial charge in [-0.15, -0.1) is 0 Å². The third kappa shape index (κ3) is 4.61. The van der Waals surface area contributed by atoms with E-state index in [4.69, 9.17) is 0 Å². The summed E-state index contributed by atoms with van der Waals surface area (Å²) in [6.07, 6.45) is 0. The molecule has 0 aliphatic rings. The molecule has 2 atom stereocenters. The summed E-state index contributed by atoms with van der Waals surface area (Å²) in [6, 6.07) is 13.0. The van der Waals surface area contributed by atoms with Crippen LogP contribution in [0.25, 0.3) is 0 Å². The normalized spacial score (nSPS) is 15.0. The maximum absolute atomic E-state index is 12.8. The van der Waals surface area contributed by atoms with Crippen LogP contribution in [0.3, 0.4) is 0 Å². The zero-order chi connectivity index (χ0) is 18.8. The topological polar surface area (TPSA) is 46.2 Å². The van der Waals surface area contributed by atoms with Crippen LogP contribution in [0.5, 0.6) is 0 Å². The van der Waals surface area contributed by atoms with E-state index in [1.165, 1.54) is 0 Å². The minimum Gasteiger partial charge on any atom is -0.203 e. The zero-order valence-corrected chi connectivity index (χ0v) is 14.9. The Morgan fingerprint density at radius 2 is 1.24 bits per heavy atom. The lowest BCUT2D eigenvalue weighted by Gasteiger charge is -2.26. The maximum atomic E-state index is 12.8. The van der Waals surface area contributed by atoms with E-state index in [0.717, 1.165) is 16.7 Å². The van der Waals surface area contributed by atoms with E-state index in [-0.39, 0.29) is 0 Å². The van der Waals surface area contributed by atoms with Gasteiger partial charge in [0.05, 0.1) is 6.04 Å². The molecular weight excluding hydrogens is 351 g/mol. The van der Waals surface area contributed by atoms with Crippen molar-refractivity contribution in [2.24, 2.45) is 0 Å². The Balaban J connectivity index is 2.45. The SMILES string of the molecule is Cc1ccc([C@@H](C)[C@H](NS(=O)(=O)C(F)(F)F)c2ccc(C)cc2)cc1. The lowest BCUT2D eigenvalue weighted by molar-refractivity contribution is -0.0451. The van der Waals surface area contributed by atoms with Crippen LogP contribution in [0.15, 0.2) is 48.5 Å². The van der Waals surface area contributed by atoms with Gasteiger partial charge in [0.2, 0.25) is 0 Å². The quantitative estimate of drug-likeness (QED) is 0.836. The van der Waals surface area contributed by atoms with Gasteiger partial charge >= 0.3 is 15.5 Å². The molecule has 7 heteroatoms. The Bertz CT molecular complexity index is 813. The first-order valence-corrected chi connectivity index (χ1v) is 9.21. The Kier molecular flexibility index (Phi) is 5.58. The van der Waals surface area contributed by atoms with Crippen molar-refractivity contribution in [1.29, 1.82) is 0 Å². The molecule has 0 amide bonds. The molecule has 2 aromatic carbocycles. The highest BCUT2D eigenvalue weighted by Gasteiger charge is 2.47. The number of rotatable bonds is 5. The number of benzene rings is 2. The summed E-state index contributed by atoms with van der Waals surface area (Å²) < 4.78 is 63.7. The first-order valence-electron chi connectivity index (χ1n) is 7.73. The first-order chi connectivity index (χ1) is 11.5. The van der Waals surface area contributed by atoms with Crippen molar-refractivity contribution in [2.75, 3.05) is 0 Å². The van der Waals surface area contributed by atoms with E-state index in [1.54, 1.807) is 43.3 Å². The second kappa shape index (κ2) is 7.17. The minimum atomic E-state index is -5.47. The second-order valence-corrected chi connectivity index (χ2v) is 7.86. The molecule has 0 aliphatic heterocycles. The number of halogens is 3. The van der Waals surface area contributed by atoms with Gasteiger partial charge in [-0.05, 0) is 25.0 Å². The molecule has 3 nitrogen and oxygen atoms in total. The van der Waals surface area contributed by atoms with E-state index in [1.807, 2.05) is 30.7 Å². The predicted octanol–water partition coefficient (Wildman–Crippen LogP) is 4.59. The predicted molar refractivity (Wildman–Crippen MR) is 91.6 cm³/mol. The van der Waals surface area contributed by atoms with Crippen molar-refractivity contribution in [3.8, 4) is 0 Å². The van der Waals surface area contributed by atoms with Gasteiger partial charge in [-0.2, -0.15) is 17.9 Å². The lowest BCUT2D eigenvalue weighted by Crippen LogP contribution is -2.40. The molecule has 136 valence electrons. The molecule has 0 unspecified atom stereocenters. The molecule has 0 spiro atoms. The van der Waals surface area contributed by atoms with Gasteiger partial charge in [-0.25, -0.2) is 8.42 Å². The molecule has 0 saturated carbocycles. The standard InChI is InChI=1S/C18H20F3NO2S/c1-12-4-8-15(9-5-12)14(3)17(16-10-6-13(2)7-11-16)22-25(23,24)18(19,20)21/h4-11,14,17,22H,1-3H3/t14-,17+/m1/s1. The summed E-state index contributed by atoms with van der Waals surface area (Å²) in [4.78, 5) is 0. The van der Waals surface area contributed by atoms with Crippen LogP contribution in [-0.2, 0) is 10.0 Å². The van der Waals surface area contributed by atoms with Crippen molar-refractivity contribution in [1.82, 2.24) is 4.72 Å². The Morgan fingerprint density at radius 1 is 0.840 bits per heavy atom. The van der Waals surface area contributed by atoms with Gasteiger partial charge < -0.3 is 0 Å². The molecule has 2 rings (SSSR count). The van der Waals surface area contributed by atoms with Crippen LogP contribution in [0.2, 0.25) is 0 Å². The van der Waals surface area contributed by atoms with E-state index < -0.39 is 27.5 Å². The van der Waals surface area contributed by atoms with Crippen LogP contribution in [0, 0.1) is 13.8 Å². The number of hydrogen-bond acceptors (Lipinski definition) is 2. The number of hydrogen-bond donors (Lipinski definition) is 1. The molecule has 2 aromatic rings. The van der Waals surface area contributed by atoms with Crippen molar-refractivity contribution in [3.63, 3.8) is 0 Å². The smallest absolute Gasteiger partial charge is 0.203 e. The van der Waals surface area contributed by atoms with Crippen LogP contribution in [0.1, 0.15) is 41.1 Å². The van der Waals surface area contributed by atoms with E-state index in [2.05, 4.69) is 0 Å². The fourth-order valence-electron chi connectivity index (χ4n) is 2.53. The molecule has 0 bridgehead atoms. The van der Waals surface area contributed by atoms with Crippen molar-refractivity contribution >= 4 is 10.0 Å². The van der Waals surface area contributed by atoms with Gasteiger partial charge in [-0.1, -0.05) is 66.6 Å². The number of sulfonamides is 1. The summed E-state index contributed by atoms with van der Waals surface area (Å²) in [5, 5.41) is 0. The van der Waals surface area contributed by atoms with Gasteiger partial charge in [0, 0.05) is 5.92 Å². The monoisotopic (exact) mass is 371 g/mol. The average Bonchev–Trinajstić information content (AvgIpc) is 2.52. The molecule has 0 aromatic heterocycles. The van der Waals surface area contributed by atoms with Crippen molar-refractivity contribution in [2.45, 2.75) is 38.2 Å². The Labute approximate surface area is 145 Å². The van der Waals surface area contributed by atoms with Crippen LogP contribution in [-0.4, -0.2) is 13.9 Å². The average molecular weight is 371 g/mol. The third-order valence-corrected chi connectivity index (χ3v) is 5.30. The second-order valence-electron chi connectivity index (χ2n) is 6.15. The molecule has 0 aliphatic carbocycles. The molecule has 0 saturated heterocycles. The summed E-state index contributed by atoms with van der Waals surface area (Å²) in [7, 11) is -5.47. The highest BCUT2D eigenvalue weighted by Crippen LogP contribution is 2.34. The van der Waals surface area contributed by atoms with Crippen molar-refractivity contribution in [3.05, 3.63) is 70.8 Å². The fourth-order valence-corrected chi connectivity index (χ4v) is 3.34. The maximum Gasteiger partial charge on any atom is 0.511 e. The molecule has 1 N–H and O–H groups in total. The van der Waals surface area contributed by atoms with Gasteiger partial charge in [0.1, 0.15) is 0 Å². The number of alkyl halides is 3. The highest BCUT2D eigenvalue weighted by atomic mass is 32.2. The lowest BCUT2D eigenvalue weighted by atomic mass is 9.88. The minimum absolute atomic E-state index is 0.478. The molecule has 0 heterocycles. The Morgan fingerprint density at radius 3 is 1.64 bits per heavy atom. The summed E-state index contributed by atoms with van der Waals surface area (Å²) in [5.74, 6) is -0.486. The van der Waals surface area contributed by atoms with Crippen molar-refractivity contribution < 1.29 is 21.6 Å². The van der Waals surface area contributed by atoms with Crippen LogP contribution < -0.4 is 4.72 Å². The summed E-state index contributed by atoms with van der Waals surface area (Å²) in [5.41, 5.74) is -2.18. The summed E-state index contributed by atoms with van der Waals surface area (Å²) in [6.45, 7) is 5.45. The molecule has 25 heavy (non-hydrogen) atoms. The van der Waals surface area contributed by atoms with Gasteiger partial charge in [0.25, 0.3) is 0 Å². The van der Waals surface area contributed by atoms with Crippen LogP contribution >= 0.6 is 0 Å². The Hall–Kier alpha value is -1.86.